The van der Waals surface area contributed by atoms with Gasteiger partial charge in [0.2, 0.25) is 0 Å². The molecule has 0 bridgehead atoms. The van der Waals surface area contributed by atoms with Crippen molar-refractivity contribution in [1.29, 1.82) is 0 Å². The summed E-state index contributed by atoms with van der Waals surface area (Å²) >= 11 is 0. The number of aliphatic imine (C=N–C) groups is 1. The molecule has 0 spiro atoms. The van der Waals surface area contributed by atoms with Gasteiger partial charge < -0.3 is 9.50 Å². The first-order valence-electron chi connectivity index (χ1n) is 14.2. The molecule has 7 rings (SSSR count). The van der Waals surface area contributed by atoms with Crippen LogP contribution in [0.5, 0.6) is 5.75 Å². The summed E-state index contributed by atoms with van der Waals surface area (Å²) in [4.78, 5) is 4.87. The number of fused-ring (bicyclic) bond motifs is 4. The molecule has 0 fully saturated rings. The highest BCUT2D eigenvalue weighted by atomic mass is 32.2. The number of rotatable bonds is 6. The first kappa shape index (κ1) is 26.2. The van der Waals surface area contributed by atoms with E-state index in [1.807, 2.05) is 49.4 Å². The Morgan fingerprint density at radius 3 is 2.45 bits per heavy atom. The van der Waals surface area contributed by atoms with Gasteiger partial charge in [0.25, 0.3) is 0 Å². The van der Waals surface area contributed by atoms with Gasteiger partial charge in [-0.2, -0.15) is 8.42 Å². The summed E-state index contributed by atoms with van der Waals surface area (Å²) in [6, 6.07) is 35.1. The van der Waals surface area contributed by atoms with Gasteiger partial charge in [-0.25, -0.2) is 0 Å². The van der Waals surface area contributed by atoms with E-state index in [1.54, 1.807) is 36.5 Å². The van der Waals surface area contributed by atoms with Crippen LogP contribution in [0.1, 0.15) is 40.6 Å². The van der Waals surface area contributed by atoms with Gasteiger partial charge in [-0.1, -0.05) is 90.5 Å². The lowest BCUT2D eigenvalue weighted by molar-refractivity contribution is 0.425. The second kappa shape index (κ2) is 10.6. The normalized spacial score (nSPS) is 19.4. The topological polar surface area (TPSA) is 67.8 Å². The van der Waals surface area contributed by atoms with E-state index in [9.17, 15) is 8.42 Å². The van der Waals surface area contributed by atoms with Crippen LogP contribution in [0, 0.1) is 12.8 Å². The van der Waals surface area contributed by atoms with Crippen LogP contribution in [0.3, 0.4) is 0 Å². The van der Waals surface area contributed by atoms with Crippen LogP contribution in [0.2, 0.25) is 0 Å². The van der Waals surface area contributed by atoms with Crippen LogP contribution in [0.25, 0.3) is 10.8 Å². The van der Waals surface area contributed by atoms with Crippen molar-refractivity contribution in [3.63, 3.8) is 0 Å². The van der Waals surface area contributed by atoms with Crippen LogP contribution < -0.4 is 9.50 Å². The van der Waals surface area contributed by atoms with Crippen molar-refractivity contribution in [3.8, 4) is 5.75 Å². The minimum atomic E-state index is -4.02. The molecule has 0 saturated carbocycles. The van der Waals surface area contributed by atoms with Gasteiger partial charge >= 0.3 is 10.1 Å². The number of hydrogen-bond donors (Lipinski definition) is 1. The maximum atomic E-state index is 13.1. The van der Waals surface area contributed by atoms with Crippen LogP contribution in [0.15, 0.2) is 131 Å². The summed E-state index contributed by atoms with van der Waals surface area (Å²) in [5.74, 6) is 1.13. The predicted octanol–water partition coefficient (Wildman–Crippen LogP) is 8.49. The average Bonchev–Trinajstić information content (AvgIpc) is 3.51. The Morgan fingerprint density at radius 2 is 1.62 bits per heavy atom. The molecular weight excluding hydrogens is 540 g/mol. The van der Waals surface area contributed by atoms with E-state index in [-0.39, 0.29) is 16.7 Å². The SMILES string of the molecule is Cc1ccc(S(=O)(=O)Oc2ccc3ccccc3c2C=Nc2ccc([C@@H]3Nc4ccccc4[C@H]4C=CC[C@H]43)cc2)cc1. The van der Waals surface area contributed by atoms with Gasteiger partial charge in [0.05, 0.1) is 11.7 Å². The van der Waals surface area contributed by atoms with Crippen LogP contribution >= 0.6 is 0 Å². The quantitative estimate of drug-likeness (QED) is 0.126. The summed E-state index contributed by atoms with van der Waals surface area (Å²) in [6.45, 7) is 1.91. The van der Waals surface area contributed by atoms with Gasteiger partial charge in [-0.3, -0.25) is 4.99 Å². The smallest absolute Gasteiger partial charge is 0.339 e. The van der Waals surface area contributed by atoms with E-state index >= 15 is 0 Å². The molecule has 0 aromatic heterocycles. The first-order chi connectivity index (χ1) is 20.5. The second-order valence-corrected chi connectivity index (χ2v) is 12.5. The van der Waals surface area contributed by atoms with Crippen molar-refractivity contribution in [2.24, 2.45) is 10.9 Å². The van der Waals surface area contributed by atoms with Crippen molar-refractivity contribution < 1.29 is 12.6 Å². The molecule has 0 amide bonds. The molecule has 6 heteroatoms. The standard InChI is InChI=1S/C36H30N2O3S/c1-24-13-20-28(21-14-24)42(39,40)41-35-22-17-25-7-2-3-8-29(25)33(35)23-37-27-18-15-26(16-19-27)36-32-11-6-10-30(32)31-9-4-5-12-34(31)38-36/h2-10,12-23,30,32,36,38H,11H2,1H3/t30-,32-,36+/m1/s1. The van der Waals surface area contributed by atoms with E-state index in [0.717, 1.165) is 28.4 Å². The fourth-order valence-electron chi connectivity index (χ4n) is 6.13. The Morgan fingerprint density at radius 1 is 0.857 bits per heavy atom. The molecule has 5 aromatic carbocycles. The molecule has 1 N–H and O–H groups in total. The predicted molar refractivity (Wildman–Crippen MR) is 169 cm³/mol. The molecule has 1 aliphatic carbocycles. The number of nitrogens with zero attached hydrogens (tertiary/aromatic N) is 1. The Kier molecular flexibility index (Phi) is 6.63. The molecule has 5 aromatic rings. The lowest BCUT2D eigenvalue weighted by Crippen LogP contribution is -2.28. The van der Waals surface area contributed by atoms with Gasteiger partial charge in [0.15, 0.2) is 5.75 Å². The van der Waals surface area contributed by atoms with Crippen molar-refractivity contribution in [1.82, 2.24) is 0 Å². The fraction of sp³-hybridized carbons (Fsp3) is 0.139. The molecule has 0 unspecified atom stereocenters. The number of nitrogens with one attached hydrogen (secondary N) is 1. The van der Waals surface area contributed by atoms with E-state index in [1.165, 1.54) is 16.8 Å². The van der Waals surface area contributed by atoms with Crippen LogP contribution in [-0.2, 0) is 10.1 Å². The van der Waals surface area contributed by atoms with Crippen molar-refractivity contribution in [2.75, 3.05) is 5.32 Å². The zero-order chi connectivity index (χ0) is 28.7. The molecular formula is C36H30N2O3S. The third kappa shape index (κ3) is 4.88. The third-order valence-corrected chi connectivity index (χ3v) is 9.56. The Balaban J connectivity index is 1.19. The minimum Gasteiger partial charge on any atom is -0.378 e. The number of aryl methyl sites for hydroxylation is 1. The van der Waals surface area contributed by atoms with Crippen molar-refractivity contribution >= 4 is 38.5 Å². The summed E-state index contributed by atoms with van der Waals surface area (Å²) in [5, 5.41) is 5.61. The zero-order valence-electron chi connectivity index (χ0n) is 23.1. The molecule has 42 heavy (non-hydrogen) atoms. The highest BCUT2D eigenvalue weighted by Crippen LogP contribution is 2.49. The Labute approximate surface area is 246 Å². The van der Waals surface area contributed by atoms with Crippen molar-refractivity contribution in [2.45, 2.75) is 30.2 Å². The number of anilines is 1. The maximum absolute atomic E-state index is 13.1. The van der Waals surface area contributed by atoms with Crippen LogP contribution in [-0.4, -0.2) is 14.6 Å². The second-order valence-electron chi connectivity index (χ2n) is 11.0. The average molecular weight is 571 g/mol. The molecule has 208 valence electrons. The number of para-hydroxylation sites is 1. The maximum Gasteiger partial charge on any atom is 0.339 e. The number of allylic oxidation sites excluding steroid dienone is 2. The molecule has 3 atom stereocenters. The lowest BCUT2D eigenvalue weighted by Gasteiger charge is -2.37. The van der Waals surface area contributed by atoms with Gasteiger partial charge in [0, 0.05) is 23.4 Å². The van der Waals surface area contributed by atoms with Crippen molar-refractivity contribution in [3.05, 3.63) is 144 Å². The number of benzene rings is 5. The number of hydrogen-bond acceptors (Lipinski definition) is 5. The minimum absolute atomic E-state index is 0.110. The monoisotopic (exact) mass is 570 g/mol. The van der Waals surface area contributed by atoms with E-state index in [2.05, 4.69) is 53.9 Å². The van der Waals surface area contributed by atoms with Gasteiger partial charge in [-0.15, -0.1) is 0 Å². The van der Waals surface area contributed by atoms with E-state index in [0.29, 0.717) is 17.4 Å². The molecule has 1 aliphatic heterocycles. The largest absolute Gasteiger partial charge is 0.378 e. The Bertz CT molecular complexity index is 1950. The van der Waals surface area contributed by atoms with Gasteiger partial charge in [-0.05, 0) is 77.6 Å². The molecule has 0 radical (unpaired) electrons. The highest BCUT2D eigenvalue weighted by Gasteiger charge is 2.37. The summed E-state index contributed by atoms with van der Waals surface area (Å²) < 4.78 is 32.0. The zero-order valence-corrected chi connectivity index (χ0v) is 24.0. The fourth-order valence-corrected chi connectivity index (χ4v) is 7.08. The first-order valence-corrected chi connectivity index (χ1v) is 15.6. The highest BCUT2D eigenvalue weighted by molar-refractivity contribution is 7.87. The van der Waals surface area contributed by atoms with E-state index < -0.39 is 10.1 Å². The molecule has 2 aliphatic rings. The molecule has 5 nitrogen and oxygen atoms in total. The van der Waals surface area contributed by atoms with Gasteiger partial charge in [0.1, 0.15) is 4.90 Å². The van der Waals surface area contributed by atoms with E-state index in [4.69, 9.17) is 9.18 Å². The molecule has 0 saturated heterocycles. The third-order valence-electron chi connectivity index (χ3n) is 8.31. The lowest BCUT2D eigenvalue weighted by atomic mass is 9.77. The Hall–Kier alpha value is -4.68. The summed E-state index contributed by atoms with van der Waals surface area (Å²) in [6.07, 6.45) is 7.39. The van der Waals surface area contributed by atoms with Crippen LogP contribution in [0.4, 0.5) is 11.4 Å². The molecule has 1 heterocycles. The summed E-state index contributed by atoms with van der Waals surface area (Å²) in [5.41, 5.74) is 6.14. The summed E-state index contributed by atoms with van der Waals surface area (Å²) in [7, 11) is -4.02.